The number of nitrogens with one attached hydrogen (secondary N) is 2. The monoisotopic (exact) mass is 388 g/mol. The lowest BCUT2D eigenvalue weighted by Gasteiger charge is -2.18. The van der Waals surface area contributed by atoms with Gasteiger partial charge in [0.1, 0.15) is 17.2 Å². The Kier molecular flexibility index (Phi) is 5.42. The zero-order valence-corrected chi connectivity index (χ0v) is 15.7. The van der Waals surface area contributed by atoms with Crippen LogP contribution < -0.4 is 20.1 Å². The number of benzene rings is 3. The summed E-state index contributed by atoms with van der Waals surface area (Å²) in [6, 6.07) is 22.3. The zero-order valence-electron chi connectivity index (χ0n) is 15.7. The van der Waals surface area contributed by atoms with E-state index in [1.165, 1.54) is 0 Å². The van der Waals surface area contributed by atoms with E-state index in [4.69, 9.17) is 9.47 Å². The normalized spacial score (nSPS) is 12.3. The van der Waals surface area contributed by atoms with Crippen LogP contribution >= 0.6 is 0 Å². The van der Waals surface area contributed by atoms with Gasteiger partial charge in [-0.2, -0.15) is 0 Å². The Hall–Kier alpha value is -3.80. The average Bonchev–Trinajstić information content (AvgIpc) is 2.74. The number of carbonyl (C=O) groups excluding carboxylic acids is 2. The van der Waals surface area contributed by atoms with E-state index in [-0.39, 0.29) is 18.4 Å². The minimum absolute atomic E-state index is 0.0317. The fourth-order valence-corrected chi connectivity index (χ4v) is 3.00. The molecule has 1 aliphatic heterocycles. The molecule has 0 saturated carbocycles. The van der Waals surface area contributed by atoms with Crippen molar-refractivity contribution in [2.45, 2.75) is 12.8 Å². The van der Waals surface area contributed by atoms with Crippen molar-refractivity contribution in [3.63, 3.8) is 0 Å². The molecule has 2 N–H and O–H groups in total. The number of carbonyl (C=O) groups is 2. The van der Waals surface area contributed by atoms with Crippen LogP contribution in [0.4, 0.5) is 11.4 Å². The lowest BCUT2D eigenvalue weighted by Crippen LogP contribution is -2.25. The van der Waals surface area contributed by atoms with Crippen LogP contribution in [-0.4, -0.2) is 18.4 Å². The Morgan fingerprint density at radius 2 is 1.76 bits per heavy atom. The summed E-state index contributed by atoms with van der Waals surface area (Å²) >= 11 is 0. The van der Waals surface area contributed by atoms with E-state index >= 15 is 0 Å². The second-order valence-corrected chi connectivity index (χ2v) is 6.66. The first-order chi connectivity index (χ1) is 14.2. The lowest BCUT2D eigenvalue weighted by atomic mass is 10.1. The molecule has 0 atom stereocenters. The van der Waals surface area contributed by atoms with Crippen molar-refractivity contribution in [3.8, 4) is 17.2 Å². The maximum atomic E-state index is 12.3. The molecule has 0 radical (unpaired) electrons. The highest BCUT2D eigenvalue weighted by molar-refractivity contribution is 5.95. The highest BCUT2D eigenvalue weighted by atomic mass is 16.5. The highest BCUT2D eigenvalue weighted by Gasteiger charge is 2.16. The van der Waals surface area contributed by atoms with Gasteiger partial charge in [-0.3, -0.25) is 9.59 Å². The maximum absolute atomic E-state index is 12.3. The van der Waals surface area contributed by atoms with Crippen molar-refractivity contribution < 1.29 is 19.1 Å². The van der Waals surface area contributed by atoms with Crippen LogP contribution in [0.3, 0.4) is 0 Å². The van der Waals surface area contributed by atoms with Gasteiger partial charge in [-0.15, -0.1) is 0 Å². The molecule has 0 unspecified atom stereocenters. The van der Waals surface area contributed by atoms with Gasteiger partial charge in [-0.05, 0) is 60.5 Å². The predicted molar refractivity (Wildman–Crippen MR) is 110 cm³/mol. The van der Waals surface area contributed by atoms with Crippen molar-refractivity contribution in [3.05, 3.63) is 78.4 Å². The molecule has 4 rings (SSSR count). The summed E-state index contributed by atoms with van der Waals surface area (Å²) in [6.45, 7) is 0.0317. The van der Waals surface area contributed by atoms with E-state index in [2.05, 4.69) is 10.6 Å². The molecular weight excluding hydrogens is 368 g/mol. The first-order valence-corrected chi connectivity index (χ1v) is 9.34. The average molecular weight is 388 g/mol. The van der Waals surface area contributed by atoms with Gasteiger partial charge in [0.15, 0.2) is 6.61 Å². The van der Waals surface area contributed by atoms with Gasteiger partial charge in [0, 0.05) is 12.1 Å². The SMILES string of the molecule is O=C(CCc1ccc2c(c1)NC(=O)CO2)Nc1ccc(Oc2ccccc2)cc1. The quantitative estimate of drug-likeness (QED) is 0.657. The molecule has 1 aliphatic rings. The van der Waals surface area contributed by atoms with E-state index in [1.54, 1.807) is 0 Å². The Morgan fingerprint density at radius 3 is 2.55 bits per heavy atom. The van der Waals surface area contributed by atoms with E-state index in [0.717, 1.165) is 11.3 Å². The number of amides is 2. The zero-order chi connectivity index (χ0) is 20.1. The van der Waals surface area contributed by atoms with Gasteiger partial charge in [0.25, 0.3) is 5.91 Å². The topological polar surface area (TPSA) is 76.7 Å². The van der Waals surface area contributed by atoms with Crippen molar-refractivity contribution >= 4 is 23.2 Å². The summed E-state index contributed by atoms with van der Waals surface area (Å²) in [6.07, 6.45) is 0.889. The first kappa shape index (κ1) is 18.6. The van der Waals surface area contributed by atoms with E-state index in [9.17, 15) is 9.59 Å². The second-order valence-electron chi connectivity index (χ2n) is 6.66. The first-order valence-electron chi connectivity index (χ1n) is 9.34. The molecule has 2 amide bonds. The van der Waals surface area contributed by atoms with Crippen LogP contribution in [0.15, 0.2) is 72.8 Å². The number of fused-ring (bicyclic) bond motifs is 1. The van der Waals surface area contributed by atoms with Crippen LogP contribution in [0.2, 0.25) is 0 Å². The van der Waals surface area contributed by atoms with Crippen LogP contribution in [0.1, 0.15) is 12.0 Å². The summed E-state index contributed by atoms with van der Waals surface area (Å²) in [5.41, 5.74) is 2.31. The number of hydrogen-bond acceptors (Lipinski definition) is 4. The third-order valence-corrected chi connectivity index (χ3v) is 4.43. The molecule has 3 aromatic rings. The van der Waals surface area contributed by atoms with Gasteiger partial charge in [-0.25, -0.2) is 0 Å². The molecule has 0 saturated heterocycles. The molecular formula is C23H20N2O4. The van der Waals surface area contributed by atoms with Crippen molar-refractivity contribution in [2.24, 2.45) is 0 Å². The Bertz CT molecular complexity index is 1020. The van der Waals surface area contributed by atoms with Gasteiger partial charge in [0.05, 0.1) is 5.69 Å². The van der Waals surface area contributed by atoms with Crippen molar-refractivity contribution in [2.75, 3.05) is 17.2 Å². The number of anilines is 2. The van der Waals surface area contributed by atoms with E-state index in [1.807, 2.05) is 72.8 Å². The van der Waals surface area contributed by atoms with E-state index in [0.29, 0.717) is 35.7 Å². The Balaban J connectivity index is 1.29. The maximum Gasteiger partial charge on any atom is 0.262 e. The van der Waals surface area contributed by atoms with Crippen molar-refractivity contribution in [1.29, 1.82) is 0 Å². The Morgan fingerprint density at radius 1 is 1.00 bits per heavy atom. The molecule has 0 fully saturated rings. The summed E-state index contributed by atoms with van der Waals surface area (Å²) in [5, 5.41) is 5.66. The lowest BCUT2D eigenvalue weighted by molar-refractivity contribution is -0.118. The van der Waals surface area contributed by atoms with Crippen LogP contribution in [0.25, 0.3) is 0 Å². The minimum Gasteiger partial charge on any atom is -0.482 e. The molecule has 3 aromatic carbocycles. The molecule has 0 aromatic heterocycles. The number of para-hydroxylation sites is 1. The highest BCUT2D eigenvalue weighted by Crippen LogP contribution is 2.29. The summed E-state index contributed by atoms with van der Waals surface area (Å²) in [7, 11) is 0. The molecule has 6 heteroatoms. The summed E-state index contributed by atoms with van der Waals surface area (Å²) < 4.78 is 11.1. The van der Waals surface area contributed by atoms with Crippen molar-refractivity contribution in [1.82, 2.24) is 0 Å². The number of rotatable bonds is 6. The summed E-state index contributed by atoms with van der Waals surface area (Å²) in [4.78, 5) is 23.7. The van der Waals surface area contributed by atoms with Gasteiger partial charge >= 0.3 is 0 Å². The third kappa shape index (κ3) is 4.93. The molecule has 146 valence electrons. The number of hydrogen-bond donors (Lipinski definition) is 2. The third-order valence-electron chi connectivity index (χ3n) is 4.43. The van der Waals surface area contributed by atoms with Crippen LogP contribution in [0.5, 0.6) is 17.2 Å². The number of aryl methyl sites for hydroxylation is 1. The van der Waals surface area contributed by atoms with Crippen LogP contribution in [0, 0.1) is 0 Å². The smallest absolute Gasteiger partial charge is 0.262 e. The molecule has 6 nitrogen and oxygen atoms in total. The predicted octanol–water partition coefficient (Wildman–Crippen LogP) is 4.38. The molecule has 0 bridgehead atoms. The molecule has 29 heavy (non-hydrogen) atoms. The molecule has 1 heterocycles. The number of ether oxygens (including phenoxy) is 2. The largest absolute Gasteiger partial charge is 0.482 e. The van der Waals surface area contributed by atoms with Gasteiger partial charge in [-0.1, -0.05) is 24.3 Å². The minimum atomic E-state index is -0.174. The van der Waals surface area contributed by atoms with Gasteiger partial charge < -0.3 is 20.1 Å². The van der Waals surface area contributed by atoms with Crippen LogP contribution in [-0.2, 0) is 16.0 Å². The van der Waals surface area contributed by atoms with E-state index < -0.39 is 0 Å². The standard InChI is InChI=1S/C23H20N2O4/c26-22(13-7-16-6-12-21-20(14-16)25-23(27)15-28-21)24-17-8-10-19(11-9-17)29-18-4-2-1-3-5-18/h1-6,8-12,14H,7,13,15H2,(H,24,26)(H,25,27). The molecule has 0 aliphatic carbocycles. The second kappa shape index (κ2) is 8.48. The Labute approximate surface area is 168 Å². The van der Waals surface area contributed by atoms with Gasteiger partial charge in [0.2, 0.25) is 5.91 Å². The molecule has 0 spiro atoms. The fourth-order valence-electron chi connectivity index (χ4n) is 3.00. The summed E-state index contributed by atoms with van der Waals surface area (Å²) in [5.74, 6) is 1.85. The fraction of sp³-hybridized carbons (Fsp3) is 0.130.